The summed E-state index contributed by atoms with van der Waals surface area (Å²) in [7, 11) is 2.05. The van der Waals surface area contributed by atoms with Crippen LogP contribution in [0.2, 0.25) is 0 Å². The lowest BCUT2D eigenvalue weighted by Gasteiger charge is -2.30. The Bertz CT molecular complexity index is 356. The highest BCUT2D eigenvalue weighted by Crippen LogP contribution is 2.37. The van der Waals surface area contributed by atoms with E-state index in [0.29, 0.717) is 0 Å². The molecule has 0 heterocycles. The fraction of sp³-hybridized carbons (Fsp3) is 0.600. The molecular formula is C15H23N. The smallest absolute Gasteiger partial charge is 0.00461 e. The van der Waals surface area contributed by atoms with Gasteiger partial charge in [-0.2, -0.15) is 0 Å². The highest BCUT2D eigenvalue weighted by atomic mass is 14.8. The quantitative estimate of drug-likeness (QED) is 0.819. The molecule has 88 valence electrons. The number of hydrogen-bond acceptors (Lipinski definition) is 1. The third kappa shape index (κ3) is 2.46. The first-order valence-electron chi connectivity index (χ1n) is 6.44. The predicted molar refractivity (Wildman–Crippen MR) is 69.9 cm³/mol. The molecular weight excluding hydrogens is 194 g/mol. The Morgan fingerprint density at radius 1 is 1.38 bits per heavy atom. The Hall–Kier alpha value is -0.820. The summed E-state index contributed by atoms with van der Waals surface area (Å²) in [6, 6.07) is 7.00. The summed E-state index contributed by atoms with van der Waals surface area (Å²) in [6.45, 7) is 5.72. The van der Waals surface area contributed by atoms with E-state index >= 15 is 0 Å². The molecule has 1 aromatic carbocycles. The first-order chi connectivity index (χ1) is 7.70. The summed E-state index contributed by atoms with van der Waals surface area (Å²) >= 11 is 0. The molecule has 1 heteroatoms. The summed E-state index contributed by atoms with van der Waals surface area (Å²) < 4.78 is 0. The highest BCUT2D eigenvalue weighted by Gasteiger charge is 2.23. The largest absolute Gasteiger partial charge is 0.320 e. The molecule has 0 aliphatic heterocycles. The van der Waals surface area contributed by atoms with Crippen molar-refractivity contribution in [3.8, 4) is 0 Å². The Labute approximate surface area is 99.3 Å². The van der Waals surface area contributed by atoms with Crippen LogP contribution in [0.3, 0.4) is 0 Å². The Balaban J connectivity index is 2.24. The van der Waals surface area contributed by atoms with Crippen molar-refractivity contribution in [2.45, 2.75) is 39.0 Å². The van der Waals surface area contributed by atoms with Crippen LogP contribution < -0.4 is 5.32 Å². The lowest BCUT2D eigenvalue weighted by molar-refractivity contribution is 0.412. The Morgan fingerprint density at radius 2 is 2.19 bits per heavy atom. The van der Waals surface area contributed by atoms with Gasteiger partial charge in [0.05, 0.1) is 0 Å². The first kappa shape index (κ1) is 11.7. The zero-order valence-corrected chi connectivity index (χ0v) is 10.7. The van der Waals surface area contributed by atoms with Crippen LogP contribution in [0.15, 0.2) is 18.2 Å². The number of nitrogens with one attached hydrogen (secondary N) is 1. The van der Waals surface area contributed by atoms with E-state index in [9.17, 15) is 0 Å². The van der Waals surface area contributed by atoms with Crippen molar-refractivity contribution in [2.75, 3.05) is 13.6 Å². The predicted octanol–water partition coefficient (Wildman–Crippen LogP) is 3.27. The normalized spacial score (nSPS) is 24.2. The average molecular weight is 217 g/mol. The highest BCUT2D eigenvalue weighted by molar-refractivity contribution is 5.36. The maximum atomic E-state index is 3.28. The van der Waals surface area contributed by atoms with Gasteiger partial charge in [-0.3, -0.25) is 0 Å². The molecule has 1 aromatic rings. The molecule has 0 radical (unpaired) electrons. The minimum absolute atomic E-state index is 0.770. The molecule has 1 N–H and O–H groups in total. The van der Waals surface area contributed by atoms with Gasteiger partial charge in [0.25, 0.3) is 0 Å². The zero-order valence-electron chi connectivity index (χ0n) is 10.7. The fourth-order valence-electron chi connectivity index (χ4n) is 2.94. The molecule has 0 aromatic heterocycles. The molecule has 0 fully saturated rings. The van der Waals surface area contributed by atoms with E-state index in [2.05, 4.69) is 37.4 Å². The summed E-state index contributed by atoms with van der Waals surface area (Å²) in [5.74, 6) is 1.61. The average Bonchev–Trinajstić information content (AvgIpc) is 2.26. The minimum Gasteiger partial charge on any atom is -0.320 e. The van der Waals surface area contributed by atoms with Crippen molar-refractivity contribution in [2.24, 2.45) is 5.92 Å². The van der Waals surface area contributed by atoms with Gasteiger partial charge in [-0.1, -0.05) is 30.7 Å². The lowest BCUT2D eigenvalue weighted by atomic mass is 9.76. The third-order valence-electron chi connectivity index (χ3n) is 3.74. The van der Waals surface area contributed by atoms with E-state index in [0.717, 1.165) is 18.4 Å². The topological polar surface area (TPSA) is 12.0 Å². The Morgan fingerprint density at radius 3 is 2.94 bits per heavy atom. The summed E-state index contributed by atoms with van der Waals surface area (Å²) in [5, 5.41) is 3.28. The van der Waals surface area contributed by atoms with Crippen LogP contribution >= 0.6 is 0 Å². The van der Waals surface area contributed by atoms with Crippen molar-refractivity contribution in [1.29, 1.82) is 0 Å². The molecule has 2 rings (SSSR count). The number of fused-ring (bicyclic) bond motifs is 1. The first-order valence-corrected chi connectivity index (χ1v) is 6.44. The second kappa shape index (κ2) is 5.01. The zero-order chi connectivity index (χ0) is 11.5. The van der Waals surface area contributed by atoms with Gasteiger partial charge in [0, 0.05) is 0 Å². The van der Waals surface area contributed by atoms with Gasteiger partial charge < -0.3 is 5.32 Å². The number of rotatable bonds is 3. The van der Waals surface area contributed by atoms with E-state index in [1.165, 1.54) is 24.8 Å². The molecule has 2 atom stereocenters. The van der Waals surface area contributed by atoms with Gasteiger partial charge in [0.2, 0.25) is 0 Å². The van der Waals surface area contributed by atoms with E-state index in [-0.39, 0.29) is 0 Å². The van der Waals surface area contributed by atoms with Crippen LogP contribution in [0.25, 0.3) is 0 Å². The van der Waals surface area contributed by atoms with Crippen LogP contribution in [-0.4, -0.2) is 13.6 Å². The van der Waals surface area contributed by atoms with Gasteiger partial charge in [-0.05, 0) is 62.7 Å². The summed E-state index contributed by atoms with van der Waals surface area (Å²) in [6.07, 6.45) is 3.90. The van der Waals surface area contributed by atoms with Crippen molar-refractivity contribution in [3.05, 3.63) is 34.9 Å². The van der Waals surface area contributed by atoms with Crippen molar-refractivity contribution in [3.63, 3.8) is 0 Å². The number of benzene rings is 1. The molecule has 16 heavy (non-hydrogen) atoms. The monoisotopic (exact) mass is 217 g/mol. The standard InChI is InChI=1S/C15H23N/c1-11-4-5-13-8-12(2)9-14(6-7-16-3)15(13)10-11/h4-5,10,12,14,16H,6-9H2,1-3H3. The van der Waals surface area contributed by atoms with Crippen molar-refractivity contribution in [1.82, 2.24) is 5.32 Å². The molecule has 1 aliphatic rings. The SMILES string of the molecule is CNCCC1CC(C)Cc2ccc(C)cc21. The molecule has 2 unspecified atom stereocenters. The van der Waals surface area contributed by atoms with E-state index in [1.54, 1.807) is 11.1 Å². The van der Waals surface area contributed by atoms with Crippen LogP contribution in [0.4, 0.5) is 0 Å². The van der Waals surface area contributed by atoms with E-state index < -0.39 is 0 Å². The van der Waals surface area contributed by atoms with Gasteiger partial charge in [-0.25, -0.2) is 0 Å². The van der Waals surface area contributed by atoms with Gasteiger partial charge in [0.1, 0.15) is 0 Å². The van der Waals surface area contributed by atoms with E-state index in [1.807, 2.05) is 7.05 Å². The van der Waals surface area contributed by atoms with Crippen molar-refractivity contribution >= 4 is 0 Å². The van der Waals surface area contributed by atoms with Crippen LogP contribution in [0.5, 0.6) is 0 Å². The molecule has 0 spiro atoms. The summed E-state index contributed by atoms with van der Waals surface area (Å²) in [5.41, 5.74) is 4.61. The van der Waals surface area contributed by atoms with Gasteiger partial charge in [-0.15, -0.1) is 0 Å². The number of aryl methyl sites for hydroxylation is 1. The molecule has 0 amide bonds. The van der Waals surface area contributed by atoms with Crippen LogP contribution in [0, 0.1) is 12.8 Å². The Kier molecular flexibility index (Phi) is 3.65. The van der Waals surface area contributed by atoms with Gasteiger partial charge >= 0.3 is 0 Å². The maximum absolute atomic E-state index is 3.28. The van der Waals surface area contributed by atoms with Crippen LogP contribution in [-0.2, 0) is 6.42 Å². The number of hydrogen-bond donors (Lipinski definition) is 1. The van der Waals surface area contributed by atoms with Gasteiger partial charge in [0.15, 0.2) is 0 Å². The molecule has 0 saturated heterocycles. The molecule has 0 saturated carbocycles. The minimum atomic E-state index is 0.770. The van der Waals surface area contributed by atoms with Crippen LogP contribution in [0.1, 0.15) is 42.4 Å². The second-order valence-electron chi connectivity index (χ2n) is 5.34. The van der Waals surface area contributed by atoms with E-state index in [4.69, 9.17) is 0 Å². The molecule has 1 nitrogen and oxygen atoms in total. The summed E-state index contributed by atoms with van der Waals surface area (Å²) in [4.78, 5) is 0. The third-order valence-corrected chi connectivity index (χ3v) is 3.74. The molecule has 1 aliphatic carbocycles. The second-order valence-corrected chi connectivity index (χ2v) is 5.34. The van der Waals surface area contributed by atoms with Crippen molar-refractivity contribution < 1.29 is 0 Å². The molecule has 0 bridgehead atoms. The maximum Gasteiger partial charge on any atom is -0.00461 e. The lowest BCUT2D eigenvalue weighted by Crippen LogP contribution is -2.20. The fourth-order valence-corrected chi connectivity index (χ4v) is 2.94.